The molecular weight excluding hydrogens is 234 g/mol. The van der Waals surface area contributed by atoms with E-state index >= 15 is 0 Å². The first-order valence-electron chi connectivity index (χ1n) is 5.41. The maximum Gasteiger partial charge on any atom is 0.237 e. The first-order valence-corrected chi connectivity index (χ1v) is 5.41. The second-order valence-corrected chi connectivity index (χ2v) is 4.42. The zero-order chi connectivity index (χ0) is 13.8. The summed E-state index contributed by atoms with van der Waals surface area (Å²) in [7, 11) is 0. The third-order valence-electron chi connectivity index (χ3n) is 2.71. The van der Waals surface area contributed by atoms with Gasteiger partial charge in [-0.2, -0.15) is 0 Å². The SMILES string of the molecule is CC(C)(C(=O)Nc1ccc(CO)cc1)/C(N)=N/O. The topological polar surface area (TPSA) is 108 Å². The van der Waals surface area contributed by atoms with E-state index in [0.29, 0.717) is 5.69 Å². The minimum absolute atomic E-state index is 0.0517. The number of amidine groups is 1. The lowest BCUT2D eigenvalue weighted by molar-refractivity contribution is -0.121. The number of carbonyl (C=O) groups excluding carboxylic acids is 1. The Kier molecular flexibility index (Phi) is 4.28. The van der Waals surface area contributed by atoms with Crippen LogP contribution in [0.15, 0.2) is 29.4 Å². The Morgan fingerprint density at radius 3 is 2.39 bits per heavy atom. The van der Waals surface area contributed by atoms with Crippen LogP contribution < -0.4 is 11.1 Å². The minimum atomic E-state index is -1.11. The maximum absolute atomic E-state index is 12.0. The average Bonchev–Trinajstić information content (AvgIpc) is 2.38. The fraction of sp³-hybridized carbons (Fsp3) is 0.333. The van der Waals surface area contributed by atoms with Crippen molar-refractivity contribution in [3.05, 3.63) is 29.8 Å². The zero-order valence-corrected chi connectivity index (χ0v) is 10.3. The molecule has 5 N–H and O–H groups in total. The highest BCUT2D eigenvalue weighted by Gasteiger charge is 2.32. The van der Waals surface area contributed by atoms with E-state index in [-0.39, 0.29) is 18.3 Å². The summed E-state index contributed by atoms with van der Waals surface area (Å²) in [6, 6.07) is 6.75. The van der Waals surface area contributed by atoms with Gasteiger partial charge in [-0.25, -0.2) is 0 Å². The minimum Gasteiger partial charge on any atom is -0.409 e. The lowest BCUT2D eigenvalue weighted by atomic mass is 9.91. The van der Waals surface area contributed by atoms with Gasteiger partial charge in [-0.1, -0.05) is 17.3 Å². The average molecular weight is 251 g/mol. The Balaban J connectivity index is 2.81. The molecule has 0 radical (unpaired) electrons. The Morgan fingerprint density at radius 1 is 1.39 bits per heavy atom. The predicted molar refractivity (Wildman–Crippen MR) is 68.2 cm³/mol. The summed E-state index contributed by atoms with van der Waals surface area (Å²) in [5.74, 6) is -0.540. The summed E-state index contributed by atoms with van der Waals surface area (Å²) >= 11 is 0. The van der Waals surface area contributed by atoms with Crippen LogP contribution in [0.25, 0.3) is 0 Å². The first-order chi connectivity index (χ1) is 8.41. The van der Waals surface area contributed by atoms with Crippen LogP contribution in [0.1, 0.15) is 19.4 Å². The lowest BCUT2D eigenvalue weighted by Gasteiger charge is -2.21. The van der Waals surface area contributed by atoms with E-state index in [1.807, 2.05) is 0 Å². The van der Waals surface area contributed by atoms with Crippen molar-refractivity contribution in [2.24, 2.45) is 16.3 Å². The second kappa shape index (κ2) is 5.50. The van der Waals surface area contributed by atoms with E-state index in [1.54, 1.807) is 38.1 Å². The molecule has 0 heterocycles. The first kappa shape index (κ1) is 14.0. The van der Waals surface area contributed by atoms with Gasteiger partial charge in [-0.05, 0) is 31.5 Å². The fourth-order valence-corrected chi connectivity index (χ4v) is 1.22. The number of carbonyl (C=O) groups is 1. The number of aliphatic hydroxyl groups is 1. The molecule has 0 aliphatic carbocycles. The molecule has 0 saturated heterocycles. The van der Waals surface area contributed by atoms with Gasteiger partial charge in [0.1, 0.15) is 5.41 Å². The zero-order valence-electron chi connectivity index (χ0n) is 10.3. The van der Waals surface area contributed by atoms with Gasteiger partial charge in [0.05, 0.1) is 6.61 Å². The van der Waals surface area contributed by atoms with E-state index in [2.05, 4.69) is 10.5 Å². The van der Waals surface area contributed by atoms with Gasteiger partial charge in [0, 0.05) is 5.69 Å². The summed E-state index contributed by atoms with van der Waals surface area (Å²) in [6.07, 6.45) is 0. The number of rotatable bonds is 4. The summed E-state index contributed by atoms with van der Waals surface area (Å²) < 4.78 is 0. The molecule has 0 aromatic heterocycles. The molecule has 0 fully saturated rings. The van der Waals surface area contributed by atoms with Crippen LogP contribution in [0.4, 0.5) is 5.69 Å². The molecule has 98 valence electrons. The molecule has 0 aliphatic heterocycles. The lowest BCUT2D eigenvalue weighted by Crippen LogP contribution is -2.42. The Morgan fingerprint density at radius 2 is 1.94 bits per heavy atom. The molecule has 0 atom stereocenters. The van der Waals surface area contributed by atoms with Gasteiger partial charge in [0.15, 0.2) is 5.84 Å². The van der Waals surface area contributed by atoms with Gasteiger partial charge in [0.2, 0.25) is 5.91 Å². The van der Waals surface area contributed by atoms with Crippen molar-refractivity contribution >= 4 is 17.4 Å². The summed E-state index contributed by atoms with van der Waals surface area (Å²) in [5, 5.41) is 23.0. The van der Waals surface area contributed by atoms with Gasteiger partial charge in [0.25, 0.3) is 0 Å². The number of nitrogens with two attached hydrogens (primary N) is 1. The normalized spacial score (nSPS) is 12.3. The van der Waals surface area contributed by atoms with Crippen LogP contribution in [0, 0.1) is 5.41 Å². The van der Waals surface area contributed by atoms with Crippen molar-refractivity contribution in [2.45, 2.75) is 20.5 Å². The molecule has 0 saturated carbocycles. The van der Waals surface area contributed by atoms with Gasteiger partial charge in [-0.3, -0.25) is 4.79 Å². The number of nitrogens with one attached hydrogen (secondary N) is 1. The van der Waals surface area contributed by atoms with E-state index in [4.69, 9.17) is 16.0 Å². The standard InChI is InChI=1S/C12H17N3O3/c1-12(2,10(13)15-18)11(17)14-9-5-3-8(7-16)4-6-9/h3-6,16,18H,7H2,1-2H3,(H2,13,15)(H,14,17). The number of nitrogens with zero attached hydrogens (tertiary/aromatic N) is 1. The Bertz CT molecular complexity index is 452. The third kappa shape index (κ3) is 2.98. The van der Waals surface area contributed by atoms with Crippen molar-refractivity contribution in [3.8, 4) is 0 Å². The molecule has 6 nitrogen and oxygen atoms in total. The number of hydrogen-bond acceptors (Lipinski definition) is 4. The van der Waals surface area contributed by atoms with Crippen molar-refractivity contribution in [1.29, 1.82) is 0 Å². The van der Waals surface area contributed by atoms with Crippen LogP contribution in [0.2, 0.25) is 0 Å². The summed E-state index contributed by atoms with van der Waals surface area (Å²) in [6.45, 7) is 3.06. The van der Waals surface area contributed by atoms with Gasteiger partial charge < -0.3 is 21.4 Å². The summed E-state index contributed by atoms with van der Waals surface area (Å²) in [4.78, 5) is 12.0. The number of aliphatic hydroxyl groups excluding tert-OH is 1. The maximum atomic E-state index is 12.0. The highest BCUT2D eigenvalue weighted by atomic mass is 16.4. The molecule has 0 aliphatic rings. The predicted octanol–water partition coefficient (Wildman–Crippen LogP) is 0.890. The van der Waals surface area contributed by atoms with Crippen LogP contribution in [-0.4, -0.2) is 22.1 Å². The highest BCUT2D eigenvalue weighted by Crippen LogP contribution is 2.19. The molecule has 1 amide bonds. The van der Waals surface area contributed by atoms with E-state index in [1.165, 1.54) is 0 Å². The molecule has 18 heavy (non-hydrogen) atoms. The van der Waals surface area contributed by atoms with E-state index < -0.39 is 5.41 Å². The smallest absolute Gasteiger partial charge is 0.237 e. The second-order valence-electron chi connectivity index (χ2n) is 4.42. The van der Waals surface area contributed by atoms with E-state index in [0.717, 1.165) is 5.56 Å². The monoisotopic (exact) mass is 251 g/mol. The highest BCUT2D eigenvalue weighted by molar-refractivity contribution is 6.11. The quantitative estimate of drug-likeness (QED) is 0.276. The number of amides is 1. The van der Waals surface area contributed by atoms with Crippen molar-refractivity contribution in [2.75, 3.05) is 5.32 Å². The van der Waals surface area contributed by atoms with Crippen LogP contribution in [0.3, 0.4) is 0 Å². The fourth-order valence-electron chi connectivity index (χ4n) is 1.22. The third-order valence-corrected chi connectivity index (χ3v) is 2.71. The molecule has 1 aromatic carbocycles. The van der Waals surface area contributed by atoms with Crippen LogP contribution in [0.5, 0.6) is 0 Å². The molecule has 6 heteroatoms. The number of anilines is 1. The van der Waals surface area contributed by atoms with Crippen molar-refractivity contribution in [3.63, 3.8) is 0 Å². The largest absolute Gasteiger partial charge is 0.409 e. The van der Waals surface area contributed by atoms with Gasteiger partial charge >= 0.3 is 0 Å². The summed E-state index contributed by atoms with van der Waals surface area (Å²) in [5.41, 5.74) is 5.68. The molecule has 0 spiro atoms. The Labute approximate surface area is 105 Å². The molecular formula is C12H17N3O3. The molecule has 1 aromatic rings. The number of benzene rings is 1. The van der Waals surface area contributed by atoms with E-state index in [9.17, 15) is 4.79 Å². The van der Waals surface area contributed by atoms with Gasteiger partial charge in [-0.15, -0.1) is 0 Å². The number of oxime groups is 1. The number of hydrogen-bond donors (Lipinski definition) is 4. The van der Waals surface area contributed by atoms with Crippen molar-refractivity contribution in [1.82, 2.24) is 0 Å². The molecule has 0 bridgehead atoms. The van der Waals surface area contributed by atoms with Crippen molar-refractivity contribution < 1.29 is 15.1 Å². The molecule has 1 rings (SSSR count). The molecule has 0 unspecified atom stereocenters. The Hall–Kier alpha value is -2.08. The van der Waals surface area contributed by atoms with Crippen LogP contribution >= 0.6 is 0 Å². The van der Waals surface area contributed by atoms with Crippen LogP contribution in [-0.2, 0) is 11.4 Å².